The Morgan fingerprint density at radius 2 is 1.86 bits per heavy atom. The third-order valence-electron chi connectivity index (χ3n) is 5.32. The molecule has 0 radical (unpaired) electrons. The highest BCUT2D eigenvalue weighted by Gasteiger charge is 2.33. The smallest absolute Gasteiger partial charge is 0.381 e. The molecule has 2 saturated heterocycles. The van der Waals surface area contributed by atoms with Crippen LogP contribution >= 0.6 is 0 Å². The molecule has 2 aromatic rings. The highest BCUT2D eigenvalue weighted by Crippen LogP contribution is 2.29. The van der Waals surface area contributed by atoms with Crippen molar-refractivity contribution in [3.8, 4) is 0 Å². The summed E-state index contributed by atoms with van der Waals surface area (Å²) < 4.78 is 49.1. The molecule has 0 bridgehead atoms. The number of hydrogen-bond acceptors (Lipinski definition) is 8. The summed E-state index contributed by atoms with van der Waals surface area (Å²) in [6.45, 7) is 3.62. The minimum absolute atomic E-state index is 0.0605. The average molecular weight is 412 g/mol. The monoisotopic (exact) mass is 412 g/mol. The molecule has 0 aromatic carbocycles. The zero-order valence-electron chi connectivity index (χ0n) is 15.9. The molecular weight excluding hydrogens is 389 g/mol. The summed E-state index contributed by atoms with van der Waals surface area (Å²) in [5, 5.41) is 7.18. The van der Waals surface area contributed by atoms with Crippen molar-refractivity contribution in [2.75, 3.05) is 31.6 Å². The molecule has 2 aliphatic rings. The number of aromatic nitrogens is 4. The number of anilines is 1. The summed E-state index contributed by atoms with van der Waals surface area (Å²) in [7, 11) is 0. The summed E-state index contributed by atoms with van der Waals surface area (Å²) >= 11 is 0. The van der Waals surface area contributed by atoms with E-state index in [9.17, 15) is 13.2 Å². The summed E-state index contributed by atoms with van der Waals surface area (Å²) in [4.78, 5) is 13.9. The molecule has 158 valence electrons. The predicted molar refractivity (Wildman–Crippen MR) is 96.0 cm³/mol. The second kappa shape index (κ2) is 8.62. The Balaban J connectivity index is 1.26. The third-order valence-corrected chi connectivity index (χ3v) is 5.32. The van der Waals surface area contributed by atoms with Gasteiger partial charge in [0, 0.05) is 44.3 Å². The molecule has 0 amide bonds. The molecule has 2 aliphatic heterocycles. The molecule has 4 heterocycles. The largest absolute Gasteiger partial charge is 0.433 e. The van der Waals surface area contributed by atoms with E-state index in [4.69, 9.17) is 9.26 Å². The minimum atomic E-state index is -4.48. The highest BCUT2D eigenvalue weighted by molar-refractivity contribution is 5.36. The fourth-order valence-corrected chi connectivity index (χ4v) is 3.68. The van der Waals surface area contributed by atoms with Crippen molar-refractivity contribution in [2.45, 2.75) is 50.4 Å². The molecule has 4 rings (SSSR count). The Labute approximate surface area is 165 Å². The van der Waals surface area contributed by atoms with E-state index in [1.807, 2.05) is 0 Å². The first-order valence-corrected chi connectivity index (χ1v) is 9.76. The van der Waals surface area contributed by atoms with Gasteiger partial charge in [-0.1, -0.05) is 5.16 Å². The van der Waals surface area contributed by atoms with E-state index >= 15 is 0 Å². The molecule has 2 aromatic heterocycles. The number of hydrogen-bond donors (Lipinski definition) is 1. The van der Waals surface area contributed by atoms with E-state index in [1.54, 1.807) is 0 Å². The Morgan fingerprint density at radius 1 is 1.10 bits per heavy atom. The van der Waals surface area contributed by atoms with E-state index in [2.05, 4.69) is 30.3 Å². The van der Waals surface area contributed by atoms with E-state index in [0.29, 0.717) is 18.3 Å². The van der Waals surface area contributed by atoms with Gasteiger partial charge >= 0.3 is 6.18 Å². The summed E-state index contributed by atoms with van der Waals surface area (Å²) in [6, 6.07) is 1.01. The van der Waals surface area contributed by atoms with Crippen LogP contribution in [-0.4, -0.2) is 57.4 Å². The highest BCUT2D eigenvalue weighted by atomic mass is 19.4. The van der Waals surface area contributed by atoms with E-state index in [-0.39, 0.29) is 17.8 Å². The molecule has 11 heteroatoms. The molecule has 0 atom stereocenters. The second-order valence-corrected chi connectivity index (χ2v) is 7.42. The first-order chi connectivity index (χ1) is 14.0. The van der Waals surface area contributed by atoms with Crippen LogP contribution in [0, 0.1) is 0 Å². The maximum atomic E-state index is 12.8. The Morgan fingerprint density at radius 3 is 2.59 bits per heavy atom. The van der Waals surface area contributed by atoms with Crippen LogP contribution in [0.1, 0.15) is 49.0 Å². The predicted octanol–water partition coefficient (Wildman–Crippen LogP) is 2.85. The summed E-state index contributed by atoms with van der Waals surface area (Å²) in [6.07, 6.45) is -0.162. The quantitative estimate of drug-likeness (QED) is 0.802. The van der Waals surface area contributed by atoms with Gasteiger partial charge in [-0.3, -0.25) is 4.90 Å². The van der Waals surface area contributed by atoms with Crippen LogP contribution in [-0.2, 0) is 17.5 Å². The Kier molecular flexibility index (Phi) is 5.95. The maximum Gasteiger partial charge on any atom is 0.433 e. The van der Waals surface area contributed by atoms with Crippen molar-refractivity contribution in [3.63, 3.8) is 0 Å². The van der Waals surface area contributed by atoms with Crippen LogP contribution in [0.5, 0.6) is 0 Å². The number of rotatable bonds is 5. The maximum absolute atomic E-state index is 12.8. The molecular formula is C18H23F3N6O2. The van der Waals surface area contributed by atoms with Gasteiger partial charge < -0.3 is 14.6 Å². The lowest BCUT2D eigenvalue weighted by Crippen LogP contribution is -2.39. The van der Waals surface area contributed by atoms with Crippen LogP contribution in [0.4, 0.5) is 19.0 Å². The number of nitrogens with zero attached hydrogens (tertiary/aromatic N) is 5. The standard InChI is InChI=1S/C18H23F3N6O2/c19-18(20,21)14-9-15(23-11-22-14)24-13-1-5-27(6-2-13)10-16-25-17(29-26-16)12-3-7-28-8-4-12/h9,11-13H,1-8,10H2,(H,22,23,24). The van der Waals surface area contributed by atoms with Crippen molar-refractivity contribution in [1.82, 2.24) is 25.0 Å². The van der Waals surface area contributed by atoms with Gasteiger partial charge in [-0.2, -0.15) is 18.2 Å². The lowest BCUT2D eigenvalue weighted by atomic mass is 10.0. The third kappa shape index (κ3) is 5.21. The van der Waals surface area contributed by atoms with Crippen LogP contribution in [0.3, 0.4) is 0 Å². The van der Waals surface area contributed by atoms with Gasteiger partial charge in [0.2, 0.25) is 5.89 Å². The molecule has 29 heavy (non-hydrogen) atoms. The fraction of sp³-hybridized carbons (Fsp3) is 0.667. The number of likely N-dealkylation sites (tertiary alicyclic amines) is 1. The van der Waals surface area contributed by atoms with Gasteiger partial charge in [-0.25, -0.2) is 9.97 Å². The molecule has 0 aliphatic carbocycles. The van der Waals surface area contributed by atoms with Gasteiger partial charge in [-0.15, -0.1) is 0 Å². The molecule has 8 nitrogen and oxygen atoms in total. The zero-order valence-corrected chi connectivity index (χ0v) is 15.9. The SMILES string of the molecule is FC(F)(F)c1cc(NC2CCN(Cc3noc(C4CCOCC4)n3)CC2)ncn1. The van der Waals surface area contributed by atoms with E-state index in [0.717, 1.165) is 64.4 Å². The molecule has 0 spiro atoms. The van der Waals surface area contributed by atoms with Crippen molar-refractivity contribution in [1.29, 1.82) is 0 Å². The lowest BCUT2D eigenvalue weighted by molar-refractivity contribution is -0.141. The summed E-state index contributed by atoms with van der Waals surface area (Å²) in [5.41, 5.74) is -0.940. The number of alkyl halides is 3. The van der Waals surface area contributed by atoms with Crippen LogP contribution in [0.25, 0.3) is 0 Å². The fourth-order valence-electron chi connectivity index (χ4n) is 3.68. The van der Waals surface area contributed by atoms with E-state index in [1.165, 1.54) is 0 Å². The van der Waals surface area contributed by atoms with Crippen LogP contribution in [0.15, 0.2) is 16.9 Å². The van der Waals surface area contributed by atoms with Crippen LogP contribution < -0.4 is 5.32 Å². The zero-order chi connectivity index (χ0) is 20.3. The first-order valence-electron chi connectivity index (χ1n) is 9.76. The van der Waals surface area contributed by atoms with Crippen LogP contribution in [0.2, 0.25) is 0 Å². The molecule has 0 saturated carbocycles. The normalized spacial score (nSPS) is 20.1. The van der Waals surface area contributed by atoms with Crippen molar-refractivity contribution < 1.29 is 22.4 Å². The topological polar surface area (TPSA) is 89.2 Å². The molecule has 0 unspecified atom stereocenters. The van der Waals surface area contributed by atoms with Gasteiger partial charge in [0.1, 0.15) is 17.8 Å². The first kappa shape index (κ1) is 20.0. The van der Waals surface area contributed by atoms with Gasteiger partial charge in [0.25, 0.3) is 0 Å². The summed E-state index contributed by atoms with van der Waals surface area (Å²) in [5.74, 6) is 1.83. The van der Waals surface area contributed by atoms with Crippen molar-refractivity contribution in [2.24, 2.45) is 0 Å². The number of ether oxygens (including phenoxy) is 1. The van der Waals surface area contributed by atoms with Crippen molar-refractivity contribution in [3.05, 3.63) is 29.8 Å². The molecule has 1 N–H and O–H groups in total. The Bertz CT molecular complexity index is 801. The van der Waals surface area contributed by atoms with Gasteiger partial charge in [-0.05, 0) is 25.7 Å². The average Bonchev–Trinajstić information content (AvgIpc) is 3.18. The van der Waals surface area contributed by atoms with Gasteiger partial charge in [0.05, 0.1) is 6.54 Å². The lowest BCUT2D eigenvalue weighted by Gasteiger charge is -2.31. The Hall–Kier alpha value is -2.27. The van der Waals surface area contributed by atoms with Crippen molar-refractivity contribution >= 4 is 5.82 Å². The molecule has 2 fully saturated rings. The second-order valence-electron chi connectivity index (χ2n) is 7.42. The number of halogens is 3. The van der Waals surface area contributed by atoms with E-state index < -0.39 is 11.9 Å². The minimum Gasteiger partial charge on any atom is -0.381 e. The number of nitrogens with one attached hydrogen (secondary N) is 1. The van der Waals surface area contributed by atoms with Gasteiger partial charge in [0.15, 0.2) is 5.82 Å². The number of piperidine rings is 1.